The van der Waals surface area contributed by atoms with E-state index in [1.807, 2.05) is 6.92 Å². The van der Waals surface area contributed by atoms with Crippen molar-refractivity contribution in [3.8, 4) is 0 Å². The number of carboxylic acids is 1. The van der Waals surface area contributed by atoms with E-state index < -0.39 is 16.2 Å². The first-order chi connectivity index (χ1) is 9.81. The fourth-order valence-electron chi connectivity index (χ4n) is 2.55. The van der Waals surface area contributed by atoms with E-state index in [1.165, 1.54) is 16.4 Å². The molecule has 7 heteroatoms. The van der Waals surface area contributed by atoms with Crippen molar-refractivity contribution in [2.24, 2.45) is 5.92 Å². The van der Waals surface area contributed by atoms with Crippen molar-refractivity contribution < 1.29 is 18.3 Å². The molecule has 0 aromatic heterocycles. The van der Waals surface area contributed by atoms with Crippen LogP contribution in [0.25, 0.3) is 0 Å². The van der Waals surface area contributed by atoms with Gasteiger partial charge in [0, 0.05) is 13.1 Å². The van der Waals surface area contributed by atoms with Gasteiger partial charge < -0.3 is 5.11 Å². The minimum Gasteiger partial charge on any atom is -0.478 e. The fourth-order valence-corrected chi connectivity index (χ4v) is 3.99. The maximum atomic E-state index is 12.4. The first-order valence-electron chi connectivity index (χ1n) is 6.92. The summed E-state index contributed by atoms with van der Waals surface area (Å²) in [7, 11) is -3.64. The maximum Gasteiger partial charge on any atom is 0.336 e. The van der Waals surface area contributed by atoms with E-state index in [0.29, 0.717) is 30.3 Å². The van der Waals surface area contributed by atoms with E-state index in [2.05, 4.69) is 4.72 Å². The number of carboxylic acid groups (broad SMARTS) is 1. The van der Waals surface area contributed by atoms with Crippen LogP contribution in [0.2, 0.25) is 0 Å². The fraction of sp³-hybridized carbons (Fsp3) is 0.500. The average Bonchev–Trinajstić information content (AvgIpc) is 2.40. The van der Waals surface area contributed by atoms with Crippen LogP contribution in [-0.4, -0.2) is 36.9 Å². The highest BCUT2D eigenvalue weighted by molar-refractivity contribution is 7.90. The molecule has 1 saturated heterocycles. The molecule has 1 aliphatic heterocycles. The molecule has 1 aliphatic rings. The second kappa shape index (κ2) is 6.03. The van der Waals surface area contributed by atoms with Crippen molar-refractivity contribution in [3.05, 3.63) is 29.3 Å². The normalized spacial score (nSPS) is 20.2. The molecule has 116 valence electrons. The van der Waals surface area contributed by atoms with Gasteiger partial charge in [0.1, 0.15) is 0 Å². The third kappa shape index (κ3) is 3.54. The summed E-state index contributed by atoms with van der Waals surface area (Å²) in [6, 6.07) is 4.57. The van der Waals surface area contributed by atoms with Gasteiger partial charge in [0.15, 0.2) is 0 Å². The van der Waals surface area contributed by atoms with Gasteiger partial charge in [-0.05, 0) is 43.4 Å². The summed E-state index contributed by atoms with van der Waals surface area (Å²) in [5.74, 6) is -0.734. The minimum absolute atomic E-state index is 0.0993. The Hall–Kier alpha value is -1.60. The molecule has 0 aliphatic carbocycles. The van der Waals surface area contributed by atoms with Gasteiger partial charge in [0.05, 0.1) is 11.3 Å². The molecule has 1 aromatic rings. The van der Waals surface area contributed by atoms with Crippen LogP contribution >= 0.6 is 0 Å². The molecule has 2 rings (SSSR count). The van der Waals surface area contributed by atoms with Crippen LogP contribution in [0.1, 0.15) is 35.7 Å². The van der Waals surface area contributed by atoms with Crippen LogP contribution in [0, 0.1) is 12.8 Å². The quantitative estimate of drug-likeness (QED) is 0.891. The molecule has 1 atom stereocenters. The predicted molar refractivity (Wildman–Crippen MR) is 80.7 cm³/mol. The lowest BCUT2D eigenvalue weighted by Crippen LogP contribution is -2.42. The third-order valence-corrected chi connectivity index (χ3v) is 5.25. The molecule has 21 heavy (non-hydrogen) atoms. The Balaban J connectivity index is 2.24. The standard InChI is InChI=1S/C14H20N2O4S/c1-10-5-4-8-16(9-10)21(19,20)15-13-7-3-6-12(11(13)2)14(17)18/h3,6-7,10,15H,4-5,8-9H2,1-2H3,(H,17,18). The highest BCUT2D eigenvalue weighted by Gasteiger charge is 2.27. The molecule has 0 spiro atoms. The maximum absolute atomic E-state index is 12.4. The Labute approximate surface area is 125 Å². The molecule has 6 nitrogen and oxygen atoms in total. The number of hydrogen-bond acceptors (Lipinski definition) is 3. The van der Waals surface area contributed by atoms with Crippen molar-refractivity contribution in [2.45, 2.75) is 26.7 Å². The van der Waals surface area contributed by atoms with E-state index in [0.717, 1.165) is 12.8 Å². The number of benzene rings is 1. The van der Waals surface area contributed by atoms with Gasteiger partial charge in [-0.15, -0.1) is 0 Å². The Bertz CT molecular complexity index is 642. The summed E-state index contributed by atoms with van der Waals surface area (Å²) in [5, 5.41) is 9.08. The lowest BCUT2D eigenvalue weighted by Gasteiger charge is -2.30. The smallest absolute Gasteiger partial charge is 0.336 e. The third-order valence-electron chi connectivity index (χ3n) is 3.76. The van der Waals surface area contributed by atoms with Crippen LogP contribution in [-0.2, 0) is 10.2 Å². The van der Waals surface area contributed by atoms with Crippen LogP contribution in [0.15, 0.2) is 18.2 Å². The van der Waals surface area contributed by atoms with Crippen LogP contribution in [0.5, 0.6) is 0 Å². The van der Waals surface area contributed by atoms with E-state index in [-0.39, 0.29) is 5.56 Å². The molecule has 0 saturated carbocycles. The number of carbonyl (C=O) groups is 1. The van der Waals surface area contributed by atoms with Crippen molar-refractivity contribution in [1.82, 2.24) is 4.31 Å². The molecule has 1 fully saturated rings. The molecule has 2 N–H and O–H groups in total. The second-order valence-corrected chi connectivity index (χ2v) is 7.17. The van der Waals surface area contributed by atoms with Gasteiger partial charge in [-0.2, -0.15) is 12.7 Å². The number of nitrogens with one attached hydrogen (secondary N) is 1. The zero-order chi connectivity index (χ0) is 15.6. The van der Waals surface area contributed by atoms with Gasteiger partial charge >= 0.3 is 16.2 Å². The Morgan fingerprint density at radius 2 is 2.14 bits per heavy atom. The molecule has 1 unspecified atom stereocenters. The van der Waals surface area contributed by atoms with Crippen molar-refractivity contribution in [1.29, 1.82) is 0 Å². The average molecular weight is 312 g/mol. The summed E-state index contributed by atoms with van der Waals surface area (Å²) in [6.07, 6.45) is 1.87. The molecular formula is C14H20N2O4S. The highest BCUT2D eigenvalue weighted by Crippen LogP contribution is 2.23. The Morgan fingerprint density at radius 1 is 1.43 bits per heavy atom. The lowest BCUT2D eigenvalue weighted by molar-refractivity contribution is 0.0696. The Morgan fingerprint density at radius 3 is 2.76 bits per heavy atom. The van der Waals surface area contributed by atoms with Crippen LogP contribution in [0.3, 0.4) is 0 Å². The van der Waals surface area contributed by atoms with Gasteiger partial charge in [-0.3, -0.25) is 4.72 Å². The van der Waals surface area contributed by atoms with E-state index in [1.54, 1.807) is 13.0 Å². The molecule has 0 amide bonds. The van der Waals surface area contributed by atoms with E-state index in [9.17, 15) is 13.2 Å². The second-order valence-electron chi connectivity index (χ2n) is 5.50. The molecule has 0 bridgehead atoms. The van der Waals surface area contributed by atoms with Crippen molar-refractivity contribution >= 4 is 21.9 Å². The molecular weight excluding hydrogens is 292 g/mol. The summed E-state index contributed by atoms with van der Waals surface area (Å²) in [4.78, 5) is 11.1. The molecule has 1 aromatic carbocycles. The summed E-state index contributed by atoms with van der Waals surface area (Å²) in [5.41, 5.74) is 0.828. The topological polar surface area (TPSA) is 86.7 Å². The Kier molecular flexibility index (Phi) is 4.53. The van der Waals surface area contributed by atoms with Crippen LogP contribution < -0.4 is 4.72 Å². The largest absolute Gasteiger partial charge is 0.478 e. The zero-order valence-corrected chi connectivity index (χ0v) is 13.0. The van der Waals surface area contributed by atoms with Gasteiger partial charge in [-0.1, -0.05) is 13.0 Å². The predicted octanol–water partition coefficient (Wildman–Crippen LogP) is 2.08. The van der Waals surface area contributed by atoms with Crippen LogP contribution in [0.4, 0.5) is 5.69 Å². The first kappa shape index (κ1) is 15.8. The van der Waals surface area contributed by atoms with E-state index in [4.69, 9.17) is 5.11 Å². The SMILES string of the molecule is Cc1c(NS(=O)(=O)N2CCCC(C)C2)cccc1C(=O)O. The minimum atomic E-state index is -3.64. The van der Waals surface area contributed by atoms with E-state index >= 15 is 0 Å². The number of hydrogen-bond donors (Lipinski definition) is 2. The zero-order valence-electron chi connectivity index (χ0n) is 12.2. The van der Waals surface area contributed by atoms with Gasteiger partial charge in [0.25, 0.3) is 0 Å². The molecule has 0 radical (unpaired) electrons. The lowest BCUT2D eigenvalue weighted by atomic mass is 10.0. The van der Waals surface area contributed by atoms with Gasteiger partial charge in [-0.25, -0.2) is 4.79 Å². The molecule has 1 heterocycles. The number of piperidine rings is 1. The van der Waals surface area contributed by atoms with Crippen molar-refractivity contribution in [2.75, 3.05) is 17.8 Å². The number of anilines is 1. The number of aromatic carboxylic acids is 1. The monoisotopic (exact) mass is 312 g/mol. The first-order valence-corrected chi connectivity index (χ1v) is 8.36. The summed E-state index contributed by atoms with van der Waals surface area (Å²) in [6.45, 7) is 4.61. The summed E-state index contributed by atoms with van der Waals surface area (Å²) >= 11 is 0. The van der Waals surface area contributed by atoms with Gasteiger partial charge in [0.2, 0.25) is 0 Å². The number of rotatable bonds is 4. The van der Waals surface area contributed by atoms with Crippen molar-refractivity contribution in [3.63, 3.8) is 0 Å². The summed E-state index contributed by atoms with van der Waals surface area (Å²) < 4.78 is 28.7. The highest BCUT2D eigenvalue weighted by atomic mass is 32.2. The number of nitrogens with zero attached hydrogens (tertiary/aromatic N) is 1.